The molecule has 2 rings (SSSR count). The number of hydrogen-bond acceptors (Lipinski definition) is 5. The highest BCUT2D eigenvalue weighted by Gasteiger charge is 2.30. The lowest BCUT2D eigenvalue weighted by atomic mass is 10.0. The Morgan fingerprint density at radius 1 is 1.35 bits per heavy atom. The van der Waals surface area contributed by atoms with Gasteiger partial charge >= 0.3 is 11.9 Å². The van der Waals surface area contributed by atoms with Crippen molar-refractivity contribution in [1.29, 1.82) is 0 Å². The summed E-state index contributed by atoms with van der Waals surface area (Å²) >= 11 is 0. The van der Waals surface area contributed by atoms with Gasteiger partial charge in [0.05, 0.1) is 23.8 Å². The van der Waals surface area contributed by atoms with E-state index < -0.39 is 17.5 Å². The highest BCUT2D eigenvalue weighted by molar-refractivity contribution is 5.98. The second kappa shape index (κ2) is 7.76. The molecule has 1 heterocycles. The van der Waals surface area contributed by atoms with Gasteiger partial charge < -0.3 is 19.5 Å². The fourth-order valence-corrected chi connectivity index (χ4v) is 2.78. The number of hydrogen-bond donors (Lipinski definition) is 1. The number of fused-ring (bicyclic) bond motifs is 1. The number of anilines is 1. The average Bonchev–Trinajstić information content (AvgIpc) is 2.65. The van der Waals surface area contributed by atoms with Crippen LogP contribution in [-0.4, -0.2) is 42.2 Å². The molecule has 0 radical (unpaired) electrons. The fourth-order valence-electron chi connectivity index (χ4n) is 2.78. The number of esters is 1. The Labute approximate surface area is 152 Å². The van der Waals surface area contributed by atoms with Crippen LogP contribution in [-0.2, 0) is 14.3 Å². The van der Waals surface area contributed by atoms with Crippen molar-refractivity contribution in [3.8, 4) is 5.75 Å². The molecule has 0 aliphatic carbocycles. The molecule has 1 N–H and O–H groups in total. The molecule has 0 saturated carbocycles. The van der Waals surface area contributed by atoms with Crippen molar-refractivity contribution in [3.63, 3.8) is 0 Å². The van der Waals surface area contributed by atoms with Crippen LogP contribution in [0.15, 0.2) is 18.2 Å². The summed E-state index contributed by atoms with van der Waals surface area (Å²) in [6.07, 6.45) is 1.24. The van der Waals surface area contributed by atoms with E-state index in [-0.39, 0.29) is 30.5 Å². The summed E-state index contributed by atoms with van der Waals surface area (Å²) in [4.78, 5) is 37.0. The first kappa shape index (κ1) is 19.8. The van der Waals surface area contributed by atoms with Crippen molar-refractivity contribution in [2.45, 2.75) is 45.6 Å². The van der Waals surface area contributed by atoms with E-state index in [1.54, 1.807) is 13.1 Å². The molecule has 1 aliphatic rings. The van der Waals surface area contributed by atoms with Gasteiger partial charge in [0.2, 0.25) is 5.91 Å². The van der Waals surface area contributed by atoms with E-state index in [4.69, 9.17) is 14.6 Å². The first-order valence-electron chi connectivity index (χ1n) is 8.58. The topological polar surface area (TPSA) is 93.1 Å². The van der Waals surface area contributed by atoms with Crippen molar-refractivity contribution < 1.29 is 29.0 Å². The van der Waals surface area contributed by atoms with Crippen LogP contribution in [0.3, 0.4) is 0 Å². The SMILES string of the molecule is CN1C(=O)[C@@H](CCCC(=O)OC(C)(C)C)COc2ccc(C(=O)O)cc21. The van der Waals surface area contributed by atoms with Crippen LogP contribution in [0, 0.1) is 5.92 Å². The lowest BCUT2D eigenvalue weighted by Gasteiger charge is -2.21. The Hall–Kier alpha value is -2.57. The van der Waals surface area contributed by atoms with Gasteiger partial charge in [-0.15, -0.1) is 0 Å². The Morgan fingerprint density at radius 2 is 2.04 bits per heavy atom. The molecular formula is C19H25NO6. The minimum Gasteiger partial charge on any atom is -0.491 e. The van der Waals surface area contributed by atoms with Crippen LogP contribution >= 0.6 is 0 Å². The van der Waals surface area contributed by atoms with Gasteiger partial charge in [0, 0.05) is 13.5 Å². The first-order chi connectivity index (χ1) is 12.1. The van der Waals surface area contributed by atoms with Crippen molar-refractivity contribution in [2.75, 3.05) is 18.6 Å². The zero-order valence-corrected chi connectivity index (χ0v) is 15.6. The van der Waals surface area contributed by atoms with Crippen LogP contribution in [0.5, 0.6) is 5.75 Å². The van der Waals surface area contributed by atoms with E-state index in [1.807, 2.05) is 20.8 Å². The molecule has 1 atom stereocenters. The number of aromatic carboxylic acids is 1. The van der Waals surface area contributed by atoms with Crippen LogP contribution in [0.1, 0.15) is 50.4 Å². The first-order valence-corrected chi connectivity index (χ1v) is 8.58. The number of carboxylic acids is 1. The highest BCUT2D eigenvalue weighted by atomic mass is 16.6. The number of amides is 1. The Morgan fingerprint density at radius 3 is 2.65 bits per heavy atom. The van der Waals surface area contributed by atoms with Gasteiger partial charge in [0.1, 0.15) is 11.4 Å². The predicted octanol–water partition coefficient (Wildman–Crippen LogP) is 2.87. The Balaban J connectivity index is 2.00. The van der Waals surface area contributed by atoms with E-state index in [0.29, 0.717) is 24.3 Å². The second-order valence-corrected chi connectivity index (χ2v) is 7.37. The monoisotopic (exact) mass is 363 g/mol. The summed E-state index contributed by atoms with van der Waals surface area (Å²) in [5.74, 6) is -1.44. The summed E-state index contributed by atoms with van der Waals surface area (Å²) < 4.78 is 11.0. The lowest BCUT2D eigenvalue weighted by molar-refractivity contribution is -0.155. The molecule has 1 amide bonds. The quantitative estimate of drug-likeness (QED) is 0.809. The third kappa shape index (κ3) is 4.97. The Kier molecular flexibility index (Phi) is 5.90. The van der Waals surface area contributed by atoms with Crippen LogP contribution in [0.4, 0.5) is 5.69 Å². The summed E-state index contributed by atoms with van der Waals surface area (Å²) in [5.41, 5.74) is 0.00195. The number of nitrogens with zero attached hydrogens (tertiary/aromatic N) is 1. The van der Waals surface area contributed by atoms with Crippen LogP contribution < -0.4 is 9.64 Å². The molecule has 0 unspecified atom stereocenters. The fraction of sp³-hybridized carbons (Fsp3) is 0.526. The summed E-state index contributed by atoms with van der Waals surface area (Å²) in [5, 5.41) is 9.12. The van der Waals surface area contributed by atoms with Gasteiger partial charge in [-0.05, 0) is 51.8 Å². The minimum absolute atomic E-state index is 0.0929. The molecule has 7 heteroatoms. The largest absolute Gasteiger partial charge is 0.491 e. The standard InChI is InChI=1S/C19H25NO6/c1-19(2,3)26-16(21)7-5-6-13-11-25-15-9-8-12(18(23)24)10-14(15)20(4)17(13)22/h8-10,13H,5-7,11H2,1-4H3,(H,23,24)/t13-/m0/s1. The zero-order valence-electron chi connectivity index (χ0n) is 15.6. The summed E-state index contributed by atoms with van der Waals surface area (Å²) in [7, 11) is 1.60. The maximum atomic E-state index is 12.7. The maximum absolute atomic E-state index is 12.7. The Bertz CT molecular complexity index is 706. The molecule has 26 heavy (non-hydrogen) atoms. The zero-order chi connectivity index (χ0) is 19.5. The maximum Gasteiger partial charge on any atom is 0.335 e. The van der Waals surface area contributed by atoms with Gasteiger partial charge in [0.15, 0.2) is 0 Å². The molecule has 0 aromatic heterocycles. The molecule has 7 nitrogen and oxygen atoms in total. The minimum atomic E-state index is -1.06. The van der Waals surface area contributed by atoms with E-state index in [1.165, 1.54) is 17.0 Å². The van der Waals surface area contributed by atoms with E-state index in [2.05, 4.69) is 0 Å². The number of carbonyl (C=O) groups excluding carboxylic acids is 2. The van der Waals surface area contributed by atoms with Crippen LogP contribution in [0.25, 0.3) is 0 Å². The second-order valence-electron chi connectivity index (χ2n) is 7.37. The molecular weight excluding hydrogens is 338 g/mol. The smallest absolute Gasteiger partial charge is 0.335 e. The van der Waals surface area contributed by atoms with Gasteiger partial charge in [-0.2, -0.15) is 0 Å². The molecule has 1 aromatic rings. The number of ether oxygens (including phenoxy) is 2. The van der Waals surface area contributed by atoms with E-state index >= 15 is 0 Å². The van der Waals surface area contributed by atoms with Crippen molar-refractivity contribution in [3.05, 3.63) is 23.8 Å². The number of benzene rings is 1. The van der Waals surface area contributed by atoms with Gasteiger partial charge in [0.25, 0.3) is 0 Å². The summed E-state index contributed by atoms with van der Waals surface area (Å²) in [6, 6.07) is 4.44. The molecule has 0 spiro atoms. The van der Waals surface area contributed by atoms with E-state index in [0.717, 1.165) is 0 Å². The van der Waals surface area contributed by atoms with Crippen molar-refractivity contribution >= 4 is 23.5 Å². The molecule has 1 aromatic carbocycles. The summed E-state index contributed by atoms with van der Waals surface area (Å²) in [6.45, 7) is 5.62. The van der Waals surface area contributed by atoms with Crippen LogP contribution in [0.2, 0.25) is 0 Å². The molecule has 142 valence electrons. The molecule has 0 saturated heterocycles. The lowest BCUT2D eigenvalue weighted by Crippen LogP contribution is -2.33. The third-order valence-corrected chi connectivity index (χ3v) is 4.04. The number of carbonyl (C=O) groups is 3. The number of rotatable bonds is 5. The van der Waals surface area contributed by atoms with Crippen molar-refractivity contribution in [2.24, 2.45) is 5.92 Å². The molecule has 0 fully saturated rings. The van der Waals surface area contributed by atoms with Gasteiger partial charge in [-0.25, -0.2) is 4.79 Å². The highest BCUT2D eigenvalue weighted by Crippen LogP contribution is 2.33. The molecule has 0 bridgehead atoms. The third-order valence-electron chi connectivity index (χ3n) is 4.04. The van der Waals surface area contributed by atoms with Gasteiger partial charge in [-0.3, -0.25) is 9.59 Å². The van der Waals surface area contributed by atoms with Gasteiger partial charge in [-0.1, -0.05) is 0 Å². The predicted molar refractivity (Wildman–Crippen MR) is 95.5 cm³/mol. The average molecular weight is 363 g/mol. The van der Waals surface area contributed by atoms with E-state index in [9.17, 15) is 14.4 Å². The number of carboxylic acid groups (broad SMARTS) is 1. The normalized spacial score (nSPS) is 17.2. The van der Waals surface area contributed by atoms with Crippen molar-refractivity contribution in [1.82, 2.24) is 0 Å². The molecule has 1 aliphatic heterocycles.